The minimum absolute atomic E-state index is 0.0687. The average Bonchev–Trinajstić information content (AvgIpc) is 3.60. The molecule has 2 aromatic carbocycles. The quantitative estimate of drug-likeness (QED) is 0.0771. The number of aliphatic hydroxyl groups is 1. The molecule has 0 spiro atoms. The summed E-state index contributed by atoms with van der Waals surface area (Å²) in [7, 11) is 0. The standard InChI is InChI=1S/C30H33N7O4S2/c31-16-18-4-6-23-22(13-18)19(17-37(23)30(40)27(33)43)3-1-2-8-35-9-11-36(12-10-35)21-5-7-24-20(14-21)15-25(41-24)28(38)34-29(39)26(32)42/h4-7,13-15,17,27,29,39,43H,1-3,8-12,33H2,(H2,32,42)(H,34,38). The number of nitrogens with two attached hydrogens (primary N) is 2. The van der Waals surface area contributed by atoms with Gasteiger partial charge in [-0.3, -0.25) is 19.1 Å². The van der Waals surface area contributed by atoms with Gasteiger partial charge in [0.25, 0.3) is 11.8 Å². The van der Waals surface area contributed by atoms with Crippen LogP contribution in [0, 0.1) is 11.3 Å². The highest BCUT2D eigenvalue weighted by molar-refractivity contribution is 7.81. The molecule has 0 saturated carbocycles. The Bertz CT molecular complexity index is 1720. The van der Waals surface area contributed by atoms with E-state index < -0.39 is 17.5 Å². The van der Waals surface area contributed by atoms with Gasteiger partial charge >= 0.3 is 0 Å². The molecule has 2 unspecified atom stereocenters. The molecule has 0 bridgehead atoms. The van der Waals surface area contributed by atoms with Crippen LogP contribution in [0.5, 0.6) is 0 Å². The number of anilines is 1. The Hall–Kier alpha value is -3.93. The predicted molar refractivity (Wildman–Crippen MR) is 172 cm³/mol. The minimum Gasteiger partial charge on any atom is -0.451 e. The van der Waals surface area contributed by atoms with E-state index in [0.717, 1.165) is 79.5 Å². The van der Waals surface area contributed by atoms with Crippen molar-refractivity contribution < 1.29 is 19.1 Å². The Labute approximate surface area is 259 Å². The molecule has 0 radical (unpaired) electrons. The summed E-state index contributed by atoms with van der Waals surface area (Å²) in [5.74, 6) is -0.827. The number of thiol groups is 1. The number of furan rings is 1. The van der Waals surface area contributed by atoms with Crippen LogP contribution in [0.15, 0.2) is 53.1 Å². The van der Waals surface area contributed by atoms with Crippen molar-refractivity contribution in [2.24, 2.45) is 11.5 Å². The van der Waals surface area contributed by atoms with Gasteiger partial charge in [-0.2, -0.15) is 17.9 Å². The van der Waals surface area contributed by atoms with E-state index >= 15 is 0 Å². The molecule has 1 aliphatic heterocycles. The van der Waals surface area contributed by atoms with E-state index in [4.69, 9.17) is 15.9 Å². The van der Waals surface area contributed by atoms with Crippen LogP contribution in [0.1, 0.15) is 39.3 Å². The third-order valence-electron chi connectivity index (χ3n) is 7.68. The number of benzene rings is 2. The fraction of sp³-hybridized carbons (Fsp3) is 0.333. The van der Waals surface area contributed by atoms with Crippen molar-refractivity contribution in [1.82, 2.24) is 14.8 Å². The van der Waals surface area contributed by atoms with Gasteiger partial charge in [-0.1, -0.05) is 12.2 Å². The van der Waals surface area contributed by atoms with Crippen molar-refractivity contribution in [3.05, 3.63) is 65.5 Å². The predicted octanol–water partition coefficient (Wildman–Crippen LogP) is 2.59. The number of nitrogens with one attached hydrogen (secondary N) is 1. The molecule has 1 saturated heterocycles. The van der Waals surface area contributed by atoms with Crippen molar-refractivity contribution in [2.45, 2.75) is 30.9 Å². The van der Waals surface area contributed by atoms with Gasteiger partial charge in [-0.25, -0.2) is 0 Å². The zero-order valence-corrected chi connectivity index (χ0v) is 25.1. The Morgan fingerprint density at radius 2 is 1.91 bits per heavy atom. The molecule has 1 fully saturated rings. The summed E-state index contributed by atoms with van der Waals surface area (Å²) in [5.41, 5.74) is 15.0. The maximum atomic E-state index is 12.6. The van der Waals surface area contributed by atoms with Crippen molar-refractivity contribution in [3.63, 3.8) is 0 Å². The van der Waals surface area contributed by atoms with E-state index in [1.807, 2.05) is 30.5 Å². The van der Waals surface area contributed by atoms with Crippen LogP contribution in [0.25, 0.3) is 21.9 Å². The van der Waals surface area contributed by atoms with Crippen LogP contribution >= 0.6 is 24.8 Å². The Kier molecular flexibility index (Phi) is 9.34. The van der Waals surface area contributed by atoms with Gasteiger partial charge < -0.3 is 31.2 Å². The molecule has 2 aromatic heterocycles. The number of thiocarbonyl (C=S) groups is 1. The lowest BCUT2D eigenvalue weighted by Crippen LogP contribution is -2.46. The van der Waals surface area contributed by atoms with Gasteiger partial charge in [0.2, 0.25) is 0 Å². The highest BCUT2D eigenvalue weighted by Crippen LogP contribution is 2.27. The molecular weight excluding hydrogens is 587 g/mol. The second-order valence-electron chi connectivity index (χ2n) is 10.5. The Balaban J connectivity index is 1.14. The fourth-order valence-electron chi connectivity index (χ4n) is 5.38. The van der Waals surface area contributed by atoms with E-state index in [9.17, 15) is 20.0 Å². The van der Waals surface area contributed by atoms with Crippen LogP contribution in [0.4, 0.5) is 5.69 Å². The zero-order chi connectivity index (χ0) is 30.7. The number of carbonyl (C=O) groups excluding carboxylic acids is 2. The molecule has 5 rings (SSSR count). The van der Waals surface area contributed by atoms with Crippen molar-refractivity contribution in [3.8, 4) is 6.07 Å². The summed E-state index contributed by atoms with van der Waals surface area (Å²) in [4.78, 5) is 29.5. The first-order chi connectivity index (χ1) is 20.6. The summed E-state index contributed by atoms with van der Waals surface area (Å²) < 4.78 is 7.18. The largest absolute Gasteiger partial charge is 0.451 e. The van der Waals surface area contributed by atoms with E-state index in [2.05, 4.69) is 46.0 Å². The monoisotopic (exact) mass is 619 g/mol. The van der Waals surface area contributed by atoms with Crippen molar-refractivity contribution in [2.75, 3.05) is 37.6 Å². The van der Waals surface area contributed by atoms with Crippen LogP contribution in [0.2, 0.25) is 0 Å². The number of piperazine rings is 1. The fourth-order valence-corrected chi connectivity index (χ4v) is 5.56. The summed E-state index contributed by atoms with van der Waals surface area (Å²) in [5, 5.41) is 22.1. The number of amides is 1. The smallest absolute Gasteiger partial charge is 0.289 e. The molecule has 43 heavy (non-hydrogen) atoms. The number of rotatable bonds is 10. The van der Waals surface area contributed by atoms with Gasteiger partial charge in [0, 0.05) is 48.8 Å². The summed E-state index contributed by atoms with van der Waals surface area (Å²) in [6.07, 6.45) is 3.14. The number of hydrogen-bond acceptors (Lipinski definition) is 10. The van der Waals surface area contributed by atoms with Gasteiger partial charge in [-0.15, -0.1) is 0 Å². The first-order valence-corrected chi connectivity index (χ1v) is 14.9. The summed E-state index contributed by atoms with van der Waals surface area (Å²) >= 11 is 8.79. The number of unbranched alkanes of at least 4 members (excludes halogenated alkanes) is 1. The van der Waals surface area contributed by atoms with Gasteiger partial charge in [0.05, 0.1) is 17.1 Å². The average molecular weight is 620 g/mol. The number of fused-ring (bicyclic) bond motifs is 2. The lowest BCUT2D eigenvalue weighted by atomic mass is 10.0. The molecule has 1 aliphatic rings. The van der Waals surface area contributed by atoms with E-state index in [1.165, 1.54) is 0 Å². The van der Waals surface area contributed by atoms with Crippen LogP contribution in [-0.2, 0) is 6.42 Å². The van der Waals surface area contributed by atoms with Gasteiger partial charge in [0.15, 0.2) is 12.0 Å². The van der Waals surface area contributed by atoms with Crippen LogP contribution in [-0.4, -0.2) is 75.7 Å². The van der Waals surface area contributed by atoms with Gasteiger partial charge in [0.1, 0.15) is 15.9 Å². The summed E-state index contributed by atoms with van der Waals surface area (Å²) in [6, 6.07) is 14.9. The zero-order valence-electron chi connectivity index (χ0n) is 23.4. The molecule has 0 aliphatic carbocycles. The van der Waals surface area contributed by atoms with Gasteiger partial charge in [-0.05, 0) is 73.8 Å². The molecule has 13 heteroatoms. The second-order valence-corrected chi connectivity index (χ2v) is 11.6. The minimum atomic E-state index is -1.42. The highest BCUT2D eigenvalue weighted by atomic mass is 32.1. The number of carbonyl (C=O) groups is 2. The molecule has 4 aromatic rings. The maximum Gasteiger partial charge on any atom is 0.289 e. The molecule has 224 valence electrons. The Morgan fingerprint density at radius 1 is 1.14 bits per heavy atom. The molecule has 2 atom stereocenters. The van der Waals surface area contributed by atoms with E-state index in [0.29, 0.717) is 11.1 Å². The van der Waals surface area contributed by atoms with Crippen LogP contribution < -0.4 is 21.7 Å². The lowest BCUT2D eigenvalue weighted by Gasteiger charge is -2.36. The Morgan fingerprint density at radius 3 is 2.60 bits per heavy atom. The third kappa shape index (κ3) is 6.84. The normalized spacial score (nSPS) is 15.3. The molecular formula is C30H33N7O4S2. The first-order valence-electron chi connectivity index (χ1n) is 14.0. The summed E-state index contributed by atoms with van der Waals surface area (Å²) in [6.45, 7) is 4.55. The molecule has 11 nitrogen and oxygen atoms in total. The number of aliphatic hydroxyl groups excluding tert-OH is 1. The first kappa shape index (κ1) is 30.5. The third-order valence-corrected chi connectivity index (χ3v) is 8.12. The van der Waals surface area contributed by atoms with Crippen molar-refractivity contribution >= 4 is 69.2 Å². The second kappa shape index (κ2) is 13.2. The molecule has 1 amide bonds. The highest BCUT2D eigenvalue weighted by Gasteiger charge is 2.21. The lowest BCUT2D eigenvalue weighted by molar-refractivity contribution is 0.0846. The number of nitrogens with zero attached hydrogens (tertiary/aromatic N) is 4. The van der Waals surface area contributed by atoms with Crippen LogP contribution in [0.3, 0.4) is 0 Å². The number of nitriles is 1. The maximum absolute atomic E-state index is 12.6. The number of hydrogen-bond donors (Lipinski definition) is 5. The van der Waals surface area contributed by atoms with Crippen molar-refractivity contribution in [1.29, 1.82) is 5.26 Å². The molecule has 6 N–H and O–H groups in total. The van der Waals surface area contributed by atoms with E-state index in [1.54, 1.807) is 22.8 Å². The number of aryl methyl sites for hydroxylation is 1. The SMILES string of the molecule is N#Cc1ccc2c(c1)c(CCCCN1CCN(c3ccc4oc(C(=O)NC(O)C(N)=S)cc4c3)CC1)cn2C(=O)C(N)S. The number of aromatic nitrogens is 1. The van der Waals surface area contributed by atoms with E-state index in [-0.39, 0.29) is 16.7 Å². The topological polar surface area (TPSA) is 167 Å². The molecule has 3 heterocycles.